The molecule has 2 aromatic rings. The Morgan fingerprint density at radius 3 is 2.72 bits per heavy atom. The van der Waals surface area contributed by atoms with Gasteiger partial charge in [-0.15, -0.1) is 0 Å². The van der Waals surface area contributed by atoms with Crippen molar-refractivity contribution in [3.05, 3.63) is 53.6 Å². The van der Waals surface area contributed by atoms with Crippen molar-refractivity contribution in [1.82, 2.24) is 4.98 Å². The molecule has 0 radical (unpaired) electrons. The number of nitrogens with one attached hydrogen (secondary N) is 1. The first-order valence-corrected chi connectivity index (χ1v) is 5.31. The van der Waals surface area contributed by atoms with Gasteiger partial charge in [-0.3, -0.25) is 5.41 Å². The second-order valence-electron chi connectivity index (χ2n) is 3.78. The fraction of sp³-hybridized carbons (Fsp3) is 0.0769. The van der Waals surface area contributed by atoms with Gasteiger partial charge in [0.05, 0.1) is 6.20 Å². The van der Waals surface area contributed by atoms with E-state index in [1.807, 2.05) is 0 Å². The Hall–Kier alpha value is -2.43. The molecule has 1 aromatic heterocycles. The van der Waals surface area contributed by atoms with Gasteiger partial charge in [0.2, 0.25) is 0 Å². The van der Waals surface area contributed by atoms with E-state index >= 15 is 0 Å². The van der Waals surface area contributed by atoms with E-state index in [0.717, 1.165) is 0 Å². The number of amidine groups is 1. The largest absolute Gasteiger partial charge is 0.453 e. The number of nitrogens with zero attached hydrogens (tertiary/aromatic N) is 1. The van der Waals surface area contributed by atoms with Gasteiger partial charge in [-0.1, -0.05) is 12.1 Å². The fourth-order valence-corrected chi connectivity index (χ4v) is 1.43. The van der Waals surface area contributed by atoms with Gasteiger partial charge < -0.3 is 10.5 Å². The first-order chi connectivity index (χ1) is 8.58. The number of nitrogens with two attached hydrogens (primary N) is 1. The molecule has 18 heavy (non-hydrogen) atoms. The predicted octanol–water partition coefficient (Wildman–Crippen LogP) is 2.61. The number of rotatable bonds is 3. The predicted molar refractivity (Wildman–Crippen MR) is 66.5 cm³/mol. The van der Waals surface area contributed by atoms with Crippen molar-refractivity contribution >= 4 is 5.84 Å². The van der Waals surface area contributed by atoms with Gasteiger partial charge in [0.25, 0.3) is 0 Å². The van der Waals surface area contributed by atoms with E-state index < -0.39 is 5.82 Å². The summed E-state index contributed by atoms with van der Waals surface area (Å²) in [6.07, 6.45) is 1.40. The lowest BCUT2D eigenvalue weighted by atomic mass is 10.2. The highest BCUT2D eigenvalue weighted by Crippen LogP contribution is 2.25. The van der Waals surface area contributed by atoms with E-state index in [9.17, 15) is 4.39 Å². The molecule has 0 bridgehead atoms. The highest BCUT2D eigenvalue weighted by atomic mass is 19.1. The minimum Gasteiger partial charge on any atom is -0.453 e. The van der Waals surface area contributed by atoms with Crippen LogP contribution in [-0.2, 0) is 0 Å². The average molecular weight is 245 g/mol. The van der Waals surface area contributed by atoms with Crippen LogP contribution in [0.2, 0.25) is 0 Å². The summed E-state index contributed by atoms with van der Waals surface area (Å²) in [5.74, 6) is 0.0216. The third-order valence-electron chi connectivity index (χ3n) is 2.40. The van der Waals surface area contributed by atoms with Crippen LogP contribution in [0.3, 0.4) is 0 Å². The first kappa shape index (κ1) is 12.0. The third kappa shape index (κ3) is 2.45. The second-order valence-corrected chi connectivity index (χ2v) is 3.78. The molecule has 0 saturated carbocycles. The fourth-order valence-electron chi connectivity index (χ4n) is 1.43. The summed E-state index contributed by atoms with van der Waals surface area (Å²) in [6.45, 7) is 1.67. The summed E-state index contributed by atoms with van der Waals surface area (Å²) in [4.78, 5) is 3.93. The highest BCUT2D eigenvalue weighted by Gasteiger charge is 2.07. The number of aryl methyl sites for hydroxylation is 1. The minimum absolute atomic E-state index is 0.122. The van der Waals surface area contributed by atoms with E-state index in [-0.39, 0.29) is 11.6 Å². The Balaban J connectivity index is 2.24. The maximum atomic E-state index is 13.7. The molecule has 0 aliphatic rings. The van der Waals surface area contributed by atoms with E-state index in [2.05, 4.69) is 4.98 Å². The van der Waals surface area contributed by atoms with Gasteiger partial charge in [0.1, 0.15) is 17.3 Å². The number of halogens is 1. The molecule has 0 atom stereocenters. The summed E-state index contributed by atoms with van der Waals surface area (Å²) in [5.41, 5.74) is 6.15. The minimum atomic E-state index is -0.395. The van der Waals surface area contributed by atoms with Gasteiger partial charge in [-0.25, -0.2) is 9.37 Å². The smallest absolute Gasteiger partial charge is 0.168 e. The number of nitrogen functional groups attached to an aromatic ring is 1. The Morgan fingerprint density at radius 1 is 1.33 bits per heavy atom. The zero-order valence-electron chi connectivity index (χ0n) is 9.77. The van der Waals surface area contributed by atoms with Gasteiger partial charge >= 0.3 is 0 Å². The molecule has 0 amide bonds. The summed E-state index contributed by atoms with van der Waals surface area (Å²) >= 11 is 0. The van der Waals surface area contributed by atoms with E-state index in [1.54, 1.807) is 37.3 Å². The number of aromatic nitrogens is 1. The average Bonchev–Trinajstić information content (AvgIpc) is 2.36. The Bertz CT molecular complexity index is 581. The van der Waals surface area contributed by atoms with Crippen LogP contribution in [0.15, 0.2) is 36.5 Å². The van der Waals surface area contributed by atoms with Crippen LogP contribution in [0.25, 0.3) is 0 Å². The molecular weight excluding hydrogens is 233 g/mol. The van der Waals surface area contributed by atoms with Crippen LogP contribution in [0.1, 0.15) is 11.3 Å². The molecule has 0 aliphatic heterocycles. The molecule has 3 N–H and O–H groups in total. The lowest BCUT2D eigenvalue weighted by Crippen LogP contribution is -2.12. The van der Waals surface area contributed by atoms with Crippen molar-refractivity contribution in [3.8, 4) is 11.5 Å². The van der Waals surface area contributed by atoms with Crippen molar-refractivity contribution < 1.29 is 9.13 Å². The highest BCUT2D eigenvalue weighted by molar-refractivity contribution is 5.92. The number of hydrogen-bond acceptors (Lipinski definition) is 3. The van der Waals surface area contributed by atoms with Crippen molar-refractivity contribution in [2.75, 3.05) is 0 Å². The van der Waals surface area contributed by atoms with Crippen LogP contribution in [-0.4, -0.2) is 10.8 Å². The number of ether oxygens (including phenoxy) is 1. The van der Waals surface area contributed by atoms with E-state index in [1.165, 1.54) is 6.20 Å². The summed E-state index contributed by atoms with van der Waals surface area (Å²) < 4.78 is 19.1. The number of pyridine rings is 1. The SMILES string of the molecule is Cc1cccc(Oc2ccc(C(=N)N)nc2)c1F. The van der Waals surface area contributed by atoms with Gasteiger partial charge in [-0.05, 0) is 30.7 Å². The normalized spacial score (nSPS) is 10.1. The molecule has 92 valence electrons. The Labute approximate surface area is 104 Å². The number of hydrogen-bond donors (Lipinski definition) is 2. The van der Waals surface area contributed by atoms with Crippen LogP contribution < -0.4 is 10.5 Å². The molecule has 0 fully saturated rings. The van der Waals surface area contributed by atoms with Gasteiger partial charge in [-0.2, -0.15) is 0 Å². The summed E-state index contributed by atoms with van der Waals surface area (Å²) in [5, 5.41) is 7.20. The lowest BCUT2D eigenvalue weighted by molar-refractivity contribution is 0.438. The number of benzene rings is 1. The quantitative estimate of drug-likeness (QED) is 0.645. The topological polar surface area (TPSA) is 72.0 Å². The van der Waals surface area contributed by atoms with Gasteiger partial charge in [0.15, 0.2) is 11.6 Å². The standard InChI is InChI=1S/C13H12FN3O/c1-8-3-2-4-11(12(8)14)18-9-5-6-10(13(15)16)17-7-9/h2-7H,1H3,(H3,15,16). The maximum Gasteiger partial charge on any atom is 0.168 e. The van der Waals surface area contributed by atoms with Crippen LogP contribution in [0.5, 0.6) is 11.5 Å². The summed E-state index contributed by atoms with van der Waals surface area (Å²) in [7, 11) is 0. The summed E-state index contributed by atoms with van der Waals surface area (Å²) in [6, 6.07) is 8.06. The molecule has 0 spiro atoms. The van der Waals surface area contributed by atoms with Gasteiger partial charge in [0, 0.05) is 0 Å². The van der Waals surface area contributed by atoms with Crippen LogP contribution >= 0.6 is 0 Å². The van der Waals surface area contributed by atoms with Crippen LogP contribution in [0.4, 0.5) is 4.39 Å². The molecule has 5 heteroatoms. The molecule has 0 saturated heterocycles. The van der Waals surface area contributed by atoms with E-state index in [0.29, 0.717) is 17.0 Å². The second kappa shape index (κ2) is 4.83. The van der Waals surface area contributed by atoms with Crippen molar-refractivity contribution in [2.24, 2.45) is 5.73 Å². The molecule has 0 unspecified atom stereocenters. The molecule has 1 heterocycles. The molecule has 4 nitrogen and oxygen atoms in total. The third-order valence-corrected chi connectivity index (χ3v) is 2.40. The zero-order chi connectivity index (χ0) is 13.1. The van der Waals surface area contributed by atoms with Crippen molar-refractivity contribution in [2.45, 2.75) is 6.92 Å². The molecule has 1 aromatic carbocycles. The zero-order valence-corrected chi connectivity index (χ0v) is 9.77. The maximum absolute atomic E-state index is 13.7. The lowest BCUT2D eigenvalue weighted by Gasteiger charge is -2.08. The Morgan fingerprint density at radius 2 is 2.11 bits per heavy atom. The van der Waals surface area contributed by atoms with Crippen molar-refractivity contribution in [1.29, 1.82) is 5.41 Å². The molecule has 0 aliphatic carbocycles. The molecular formula is C13H12FN3O. The first-order valence-electron chi connectivity index (χ1n) is 5.31. The molecule has 2 rings (SSSR count). The van der Waals surface area contributed by atoms with Crippen LogP contribution in [0, 0.1) is 18.2 Å². The Kier molecular flexibility index (Phi) is 3.23. The van der Waals surface area contributed by atoms with E-state index in [4.69, 9.17) is 15.9 Å². The monoisotopic (exact) mass is 245 g/mol. The van der Waals surface area contributed by atoms with Crippen molar-refractivity contribution in [3.63, 3.8) is 0 Å².